The van der Waals surface area contributed by atoms with Crippen molar-refractivity contribution in [2.75, 3.05) is 14.1 Å². The standard InChI is InChI=1S/C15H25N7O/c1-15(2,3)13-19-12(20-23-13)8-17-14(16-4)21(5)9-11-7-18-22(6)10-11/h7,10H,8-9H2,1-6H3,(H,16,17). The molecule has 8 nitrogen and oxygen atoms in total. The van der Waals surface area contributed by atoms with Gasteiger partial charge in [0.1, 0.15) is 0 Å². The lowest BCUT2D eigenvalue weighted by Crippen LogP contribution is -2.38. The molecule has 2 heterocycles. The summed E-state index contributed by atoms with van der Waals surface area (Å²) in [6, 6.07) is 0. The van der Waals surface area contributed by atoms with E-state index in [9.17, 15) is 0 Å². The number of guanidine groups is 1. The topological polar surface area (TPSA) is 84.4 Å². The summed E-state index contributed by atoms with van der Waals surface area (Å²) in [6.07, 6.45) is 3.83. The molecular weight excluding hydrogens is 294 g/mol. The Balaban J connectivity index is 1.93. The maximum absolute atomic E-state index is 5.29. The van der Waals surface area contributed by atoms with Crippen LogP contribution in [0.3, 0.4) is 0 Å². The summed E-state index contributed by atoms with van der Waals surface area (Å²) in [5, 5.41) is 11.4. The van der Waals surface area contributed by atoms with Crippen molar-refractivity contribution in [2.45, 2.75) is 39.3 Å². The molecule has 0 aromatic carbocycles. The minimum absolute atomic E-state index is 0.149. The molecule has 0 unspecified atom stereocenters. The Bertz CT molecular complexity index is 665. The molecule has 2 aromatic heterocycles. The van der Waals surface area contributed by atoms with Crippen LogP contribution >= 0.6 is 0 Å². The molecule has 0 spiro atoms. The Morgan fingerprint density at radius 3 is 2.70 bits per heavy atom. The highest BCUT2D eigenvalue weighted by Crippen LogP contribution is 2.19. The Hall–Kier alpha value is -2.38. The Morgan fingerprint density at radius 2 is 2.17 bits per heavy atom. The SMILES string of the molecule is CN=C(NCc1noc(C(C)(C)C)n1)N(C)Cc1cnn(C)c1. The molecule has 0 amide bonds. The molecule has 0 bridgehead atoms. The van der Waals surface area contributed by atoms with Crippen molar-refractivity contribution in [3.05, 3.63) is 29.7 Å². The number of rotatable bonds is 4. The van der Waals surface area contributed by atoms with Crippen LogP contribution in [0.5, 0.6) is 0 Å². The van der Waals surface area contributed by atoms with Crippen LogP contribution in [0, 0.1) is 0 Å². The minimum atomic E-state index is -0.149. The Labute approximate surface area is 136 Å². The van der Waals surface area contributed by atoms with Gasteiger partial charge < -0.3 is 14.7 Å². The highest BCUT2D eigenvalue weighted by molar-refractivity contribution is 5.79. The van der Waals surface area contributed by atoms with Crippen molar-refractivity contribution in [1.82, 2.24) is 30.1 Å². The fourth-order valence-electron chi connectivity index (χ4n) is 2.08. The lowest BCUT2D eigenvalue weighted by Gasteiger charge is -2.20. The van der Waals surface area contributed by atoms with Crippen LogP contribution in [-0.4, -0.2) is 44.9 Å². The van der Waals surface area contributed by atoms with E-state index in [1.54, 1.807) is 11.7 Å². The molecule has 2 rings (SSSR count). The minimum Gasteiger partial charge on any atom is -0.349 e. The van der Waals surface area contributed by atoms with Crippen LogP contribution in [0.25, 0.3) is 0 Å². The number of hydrogen-bond acceptors (Lipinski definition) is 5. The van der Waals surface area contributed by atoms with E-state index in [1.807, 2.05) is 52.2 Å². The maximum atomic E-state index is 5.29. The Morgan fingerprint density at radius 1 is 1.43 bits per heavy atom. The largest absolute Gasteiger partial charge is 0.349 e. The van der Waals surface area contributed by atoms with Gasteiger partial charge in [-0.3, -0.25) is 9.67 Å². The fraction of sp³-hybridized carbons (Fsp3) is 0.600. The Kier molecular flexibility index (Phi) is 5.02. The van der Waals surface area contributed by atoms with Gasteiger partial charge in [0, 0.05) is 44.9 Å². The van der Waals surface area contributed by atoms with E-state index in [1.165, 1.54) is 0 Å². The molecule has 0 saturated carbocycles. The van der Waals surface area contributed by atoms with Crippen LogP contribution in [0.2, 0.25) is 0 Å². The van der Waals surface area contributed by atoms with Gasteiger partial charge in [0.05, 0.1) is 12.7 Å². The van der Waals surface area contributed by atoms with Crippen molar-refractivity contribution in [2.24, 2.45) is 12.0 Å². The van der Waals surface area contributed by atoms with Crippen LogP contribution < -0.4 is 5.32 Å². The first-order valence-corrected chi connectivity index (χ1v) is 7.52. The van der Waals surface area contributed by atoms with Crippen molar-refractivity contribution in [1.29, 1.82) is 0 Å². The third-order valence-corrected chi connectivity index (χ3v) is 3.27. The highest BCUT2D eigenvalue weighted by atomic mass is 16.5. The lowest BCUT2D eigenvalue weighted by molar-refractivity contribution is 0.318. The van der Waals surface area contributed by atoms with Crippen LogP contribution in [0.15, 0.2) is 21.9 Å². The van der Waals surface area contributed by atoms with E-state index in [0.717, 1.165) is 11.5 Å². The van der Waals surface area contributed by atoms with Crippen LogP contribution in [0.1, 0.15) is 38.0 Å². The molecule has 0 fully saturated rings. The van der Waals surface area contributed by atoms with Gasteiger partial charge >= 0.3 is 0 Å². The van der Waals surface area contributed by atoms with Gasteiger partial charge in [-0.15, -0.1) is 0 Å². The van der Waals surface area contributed by atoms with E-state index in [4.69, 9.17) is 4.52 Å². The number of hydrogen-bond donors (Lipinski definition) is 1. The van der Waals surface area contributed by atoms with Gasteiger partial charge in [-0.1, -0.05) is 25.9 Å². The predicted molar refractivity (Wildman–Crippen MR) is 87.9 cm³/mol. The third-order valence-electron chi connectivity index (χ3n) is 3.27. The molecular formula is C15H25N7O. The second-order valence-electron chi connectivity index (χ2n) is 6.54. The molecule has 0 atom stereocenters. The van der Waals surface area contributed by atoms with E-state index < -0.39 is 0 Å². The molecule has 0 saturated heterocycles. The van der Waals surface area contributed by atoms with Gasteiger partial charge in [0.15, 0.2) is 11.8 Å². The molecule has 8 heteroatoms. The lowest BCUT2D eigenvalue weighted by atomic mass is 9.97. The monoisotopic (exact) mass is 319 g/mol. The fourth-order valence-corrected chi connectivity index (χ4v) is 2.08. The molecule has 2 aromatic rings. The van der Waals surface area contributed by atoms with Crippen molar-refractivity contribution in [3.63, 3.8) is 0 Å². The molecule has 126 valence electrons. The van der Waals surface area contributed by atoms with Gasteiger partial charge in [-0.2, -0.15) is 10.1 Å². The van der Waals surface area contributed by atoms with E-state index >= 15 is 0 Å². The summed E-state index contributed by atoms with van der Waals surface area (Å²) in [4.78, 5) is 10.7. The van der Waals surface area contributed by atoms with Crippen LogP contribution in [-0.2, 0) is 25.6 Å². The van der Waals surface area contributed by atoms with Crippen LogP contribution in [0.4, 0.5) is 0 Å². The first kappa shape index (κ1) is 17.0. The molecule has 0 aliphatic carbocycles. The van der Waals surface area contributed by atoms with Crippen molar-refractivity contribution in [3.8, 4) is 0 Å². The second-order valence-corrected chi connectivity index (χ2v) is 6.54. The van der Waals surface area contributed by atoms with Gasteiger partial charge in [-0.05, 0) is 0 Å². The van der Waals surface area contributed by atoms with Gasteiger partial charge in [0.2, 0.25) is 5.89 Å². The zero-order valence-corrected chi connectivity index (χ0v) is 14.7. The number of nitrogens with zero attached hydrogens (tertiary/aromatic N) is 6. The highest BCUT2D eigenvalue weighted by Gasteiger charge is 2.21. The molecule has 0 aliphatic rings. The summed E-state index contributed by atoms with van der Waals surface area (Å²) >= 11 is 0. The second kappa shape index (κ2) is 6.80. The summed E-state index contributed by atoms with van der Waals surface area (Å²) in [5.74, 6) is 2.01. The van der Waals surface area contributed by atoms with Gasteiger partial charge in [-0.25, -0.2) is 0 Å². The smallest absolute Gasteiger partial charge is 0.232 e. The summed E-state index contributed by atoms with van der Waals surface area (Å²) in [5.41, 5.74) is 0.969. The van der Waals surface area contributed by atoms with E-state index in [-0.39, 0.29) is 5.41 Å². The molecule has 0 radical (unpaired) electrons. The van der Waals surface area contributed by atoms with E-state index in [0.29, 0.717) is 24.8 Å². The number of nitrogens with one attached hydrogen (secondary N) is 1. The molecule has 1 N–H and O–H groups in total. The molecule has 0 aliphatic heterocycles. The first-order chi connectivity index (χ1) is 10.8. The summed E-state index contributed by atoms with van der Waals surface area (Å²) in [7, 11) is 5.62. The average Bonchev–Trinajstić information content (AvgIpc) is 3.08. The van der Waals surface area contributed by atoms with E-state index in [2.05, 4.69) is 25.5 Å². The first-order valence-electron chi connectivity index (χ1n) is 7.52. The van der Waals surface area contributed by atoms with Crippen molar-refractivity contribution >= 4 is 5.96 Å². The molecule has 23 heavy (non-hydrogen) atoms. The zero-order chi connectivity index (χ0) is 17.0. The average molecular weight is 319 g/mol. The predicted octanol–water partition coefficient (Wildman–Crippen LogP) is 1.31. The normalized spacial score (nSPS) is 12.5. The summed E-state index contributed by atoms with van der Waals surface area (Å²) < 4.78 is 7.07. The zero-order valence-electron chi connectivity index (χ0n) is 14.7. The third kappa shape index (κ3) is 4.54. The number of aliphatic imine (C=N–C) groups is 1. The summed E-state index contributed by atoms with van der Waals surface area (Å²) in [6.45, 7) is 7.30. The number of aromatic nitrogens is 4. The van der Waals surface area contributed by atoms with Crippen molar-refractivity contribution < 1.29 is 4.52 Å². The quantitative estimate of drug-likeness (QED) is 0.675. The van der Waals surface area contributed by atoms with Gasteiger partial charge in [0.25, 0.3) is 0 Å². The maximum Gasteiger partial charge on any atom is 0.232 e. The number of aryl methyl sites for hydroxylation is 1.